The molecular weight excluding hydrogens is 346 g/mol. The van der Waals surface area contributed by atoms with Crippen LogP contribution in [0.2, 0.25) is 0 Å². The van der Waals surface area contributed by atoms with Gasteiger partial charge in [0.05, 0.1) is 33.4 Å². The molecule has 27 heavy (non-hydrogen) atoms. The van der Waals surface area contributed by atoms with Gasteiger partial charge >= 0.3 is 5.97 Å². The Hall–Kier alpha value is -3.15. The first-order chi connectivity index (χ1) is 13.0. The average molecular weight is 369 g/mol. The summed E-state index contributed by atoms with van der Waals surface area (Å²) >= 11 is 0. The lowest BCUT2D eigenvalue weighted by atomic mass is 10.00. The maximum Gasteiger partial charge on any atom is 0.307 e. The van der Waals surface area contributed by atoms with Crippen molar-refractivity contribution < 1.29 is 24.1 Å². The highest BCUT2D eigenvalue weighted by molar-refractivity contribution is 5.96. The first-order valence-corrected chi connectivity index (χ1v) is 8.68. The van der Waals surface area contributed by atoms with E-state index in [-0.39, 0.29) is 6.42 Å². The second kappa shape index (κ2) is 7.61. The van der Waals surface area contributed by atoms with Crippen LogP contribution >= 0.6 is 0 Å². The van der Waals surface area contributed by atoms with E-state index in [1.54, 1.807) is 33.5 Å². The summed E-state index contributed by atoms with van der Waals surface area (Å²) in [5.41, 5.74) is 4.24. The number of aromatic amines is 1. The van der Waals surface area contributed by atoms with Crippen LogP contribution in [0.15, 0.2) is 30.3 Å². The third-order valence-electron chi connectivity index (χ3n) is 4.71. The fourth-order valence-corrected chi connectivity index (χ4v) is 3.42. The lowest BCUT2D eigenvalue weighted by Gasteiger charge is -2.14. The van der Waals surface area contributed by atoms with E-state index in [9.17, 15) is 9.90 Å². The van der Waals surface area contributed by atoms with E-state index in [0.717, 1.165) is 34.0 Å². The van der Waals surface area contributed by atoms with Crippen molar-refractivity contribution in [2.75, 3.05) is 21.3 Å². The number of methoxy groups -OCH3 is 3. The summed E-state index contributed by atoms with van der Waals surface area (Å²) < 4.78 is 16.3. The van der Waals surface area contributed by atoms with Crippen molar-refractivity contribution in [3.63, 3.8) is 0 Å². The fourth-order valence-electron chi connectivity index (χ4n) is 3.42. The van der Waals surface area contributed by atoms with Crippen LogP contribution in [-0.4, -0.2) is 37.4 Å². The molecule has 0 aliphatic heterocycles. The maximum absolute atomic E-state index is 11.5. The molecule has 3 rings (SSSR count). The molecule has 2 N–H and O–H groups in total. The lowest BCUT2D eigenvalue weighted by molar-refractivity contribution is -0.136. The van der Waals surface area contributed by atoms with Gasteiger partial charge in [0.2, 0.25) is 0 Å². The zero-order chi connectivity index (χ0) is 19.6. The van der Waals surface area contributed by atoms with E-state index < -0.39 is 5.97 Å². The Bertz CT molecular complexity index is 990. The Morgan fingerprint density at radius 1 is 1.04 bits per heavy atom. The van der Waals surface area contributed by atoms with Crippen molar-refractivity contribution in [1.29, 1.82) is 0 Å². The van der Waals surface area contributed by atoms with Gasteiger partial charge in [-0.1, -0.05) is 25.1 Å². The van der Waals surface area contributed by atoms with Crippen molar-refractivity contribution in [1.82, 2.24) is 4.98 Å². The molecule has 0 fully saturated rings. The lowest BCUT2D eigenvalue weighted by Crippen LogP contribution is -2.02. The van der Waals surface area contributed by atoms with Crippen LogP contribution in [0.1, 0.15) is 18.1 Å². The second-order valence-corrected chi connectivity index (χ2v) is 6.15. The van der Waals surface area contributed by atoms with E-state index in [2.05, 4.69) is 11.9 Å². The highest BCUT2D eigenvalue weighted by Crippen LogP contribution is 2.42. The molecule has 3 aromatic rings. The summed E-state index contributed by atoms with van der Waals surface area (Å²) in [7, 11) is 4.69. The maximum atomic E-state index is 11.5. The van der Waals surface area contributed by atoms with Gasteiger partial charge in [-0.15, -0.1) is 0 Å². The minimum absolute atomic E-state index is 0.0972. The summed E-state index contributed by atoms with van der Waals surface area (Å²) in [6.07, 6.45) is 0.743. The highest BCUT2D eigenvalue weighted by Gasteiger charge is 2.22. The van der Waals surface area contributed by atoms with E-state index in [4.69, 9.17) is 14.2 Å². The van der Waals surface area contributed by atoms with Gasteiger partial charge in [0, 0.05) is 22.5 Å². The molecule has 0 saturated heterocycles. The molecule has 1 aromatic heterocycles. The van der Waals surface area contributed by atoms with Gasteiger partial charge in [-0.3, -0.25) is 4.79 Å². The smallest absolute Gasteiger partial charge is 0.307 e. The molecule has 0 atom stereocenters. The molecule has 0 amide bonds. The van der Waals surface area contributed by atoms with Crippen LogP contribution < -0.4 is 14.2 Å². The number of carbonyl (C=O) groups is 1. The number of rotatable bonds is 7. The van der Waals surface area contributed by atoms with E-state index >= 15 is 0 Å². The van der Waals surface area contributed by atoms with Crippen LogP contribution in [0.4, 0.5) is 0 Å². The number of aromatic nitrogens is 1. The SMILES string of the molecule is CCc1cccc2c(CC(=O)O)c(-c3cc(OC)c(OC)cc3OC)[nH]c12. The number of ether oxygens (including phenoxy) is 3. The minimum atomic E-state index is -0.890. The van der Waals surface area contributed by atoms with Gasteiger partial charge in [-0.05, 0) is 23.6 Å². The number of hydrogen-bond acceptors (Lipinski definition) is 4. The van der Waals surface area contributed by atoms with Crippen LogP contribution in [0, 0.1) is 0 Å². The standard InChI is InChI=1S/C21H23NO5/c1-5-12-7-6-8-13-14(10-19(23)24)21(22-20(12)13)15-9-17(26-3)18(27-4)11-16(15)25-2/h6-9,11,22H,5,10H2,1-4H3,(H,23,24). The molecule has 1 heterocycles. The summed E-state index contributed by atoms with van der Waals surface area (Å²) in [5, 5.41) is 10.4. The molecule has 0 aliphatic rings. The topological polar surface area (TPSA) is 80.8 Å². The molecule has 2 aromatic carbocycles. The Kier molecular flexibility index (Phi) is 5.26. The Balaban J connectivity index is 2.35. The molecule has 142 valence electrons. The van der Waals surface area contributed by atoms with Crippen molar-refractivity contribution in [2.24, 2.45) is 0 Å². The number of aryl methyl sites for hydroxylation is 1. The molecule has 0 radical (unpaired) electrons. The van der Waals surface area contributed by atoms with Crippen LogP contribution in [0.3, 0.4) is 0 Å². The molecule has 6 heteroatoms. The predicted molar refractivity (Wildman–Crippen MR) is 104 cm³/mol. The summed E-state index contributed by atoms with van der Waals surface area (Å²) in [5.74, 6) is 0.773. The predicted octanol–water partition coefficient (Wildman–Crippen LogP) is 4.05. The van der Waals surface area contributed by atoms with Gasteiger partial charge in [-0.25, -0.2) is 0 Å². The van der Waals surface area contributed by atoms with Gasteiger partial charge in [0.15, 0.2) is 11.5 Å². The number of carboxylic acid groups (broad SMARTS) is 1. The summed E-state index contributed by atoms with van der Waals surface area (Å²) in [4.78, 5) is 15.0. The second-order valence-electron chi connectivity index (χ2n) is 6.15. The van der Waals surface area contributed by atoms with E-state index in [1.807, 2.05) is 18.2 Å². The van der Waals surface area contributed by atoms with Crippen molar-refractivity contribution in [3.05, 3.63) is 41.5 Å². The number of para-hydroxylation sites is 1. The van der Waals surface area contributed by atoms with Gasteiger partial charge in [0.25, 0.3) is 0 Å². The summed E-state index contributed by atoms with van der Waals surface area (Å²) in [6, 6.07) is 9.49. The van der Waals surface area contributed by atoms with Crippen molar-refractivity contribution >= 4 is 16.9 Å². The van der Waals surface area contributed by atoms with Crippen LogP contribution in [0.25, 0.3) is 22.2 Å². The van der Waals surface area contributed by atoms with Gasteiger partial charge in [-0.2, -0.15) is 0 Å². The number of nitrogens with one attached hydrogen (secondary N) is 1. The normalized spacial score (nSPS) is 10.8. The molecule has 6 nitrogen and oxygen atoms in total. The number of benzene rings is 2. The first-order valence-electron chi connectivity index (χ1n) is 8.68. The minimum Gasteiger partial charge on any atom is -0.496 e. The molecule has 0 aliphatic carbocycles. The van der Waals surface area contributed by atoms with Gasteiger partial charge in [0.1, 0.15) is 5.75 Å². The molecular formula is C21H23NO5. The molecule has 0 unspecified atom stereocenters. The molecule has 0 bridgehead atoms. The highest BCUT2D eigenvalue weighted by atomic mass is 16.5. The van der Waals surface area contributed by atoms with Crippen LogP contribution in [-0.2, 0) is 17.6 Å². The number of H-pyrrole nitrogens is 1. The van der Waals surface area contributed by atoms with Crippen molar-refractivity contribution in [3.8, 4) is 28.5 Å². The molecule has 0 saturated carbocycles. The zero-order valence-corrected chi connectivity index (χ0v) is 15.9. The summed E-state index contributed by atoms with van der Waals surface area (Å²) in [6.45, 7) is 2.07. The third-order valence-corrected chi connectivity index (χ3v) is 4.71. The number of hydrogen-bond donors (Lipinski definition) is 2. The van der Waals surface area contributed by atoms with E-state index in [0.29, 0.717) is 22.9 Å². The number of fused-ring (bicyclic) bond motifs is 1. The van der Waals surface area contributed by atoms with Gasteiger partial charge < -0.3 is 24.3 Å². The monoisotopic (exact) mass is 369 g/mol. The number of carboxylic acids is 1. The fraction of sp³-hybridized carbons (Fsp3) is 0.286. The quantitative estimate of drug-likeness (QED) is 0.657. The number of aliphatic carboxylic acids is 1. The Morgan fingerprint density at radius 2 is 1.70 bits per heavy atom. The van der Waals surface area contributed by atoms with E-state index in [1.165, 1.54) is 0 Å². The Labute approximate surface area is 157 Å². The van der Waals surface area contributed by atoms with Crippen LogP contribution in [0.5, 0.6) is 17.2 Å². The molecule has 0 spiro atoms. The van der Waals surface area contributed by atoms with Crippen molar-refractivity contribution in [2.45, 2.75) is 19.8 Å². The first kappa shape index (κ1) is 18.6. The average Bonchev–Trinajstić information content (AvgIpc) is 3.04. The largest absolute Gasteiger partial charge is 0.496 e. The zero-order valence-electron chi connectivity index (χ0n) is 15.9. The Morgan fingerprint density at radius 3 is 2.30 bits per heavy atom. The third kappa shape index (κ3) is 3.30.